The van der Waals surface area contributed by atoms with Gasteiger partial charge in [0.15, 0.2) is 0 Å². The van der Waals surface area contributed by atoms with Gasteiger partial charge in [-0.3, -0.25) is 0 Å². The van der Waals surface area contributed by atoms with Crippen molar-refractivity contribution in [3.63, 3.8) is 0 Å². The van der Waals surface area contributed by atoms with Crippen molar-refractivity contribution in [1.29, 1.82) is 0 Å². The fraction of sp³-hybridized carbons (Fsp3) is 0.333. The van der Waals surface area contributed by atoms with Crippen molar-refractivity contribution in [2.45, 2.75) is 37.8 Å². The molecule has 0 amide bonds. The standard InChI is InChI=1S/C18H20BrNO/c1-2-16(15-10-13(19)8-9-18(15)21)20-17-11-14(17)12-6-4-3-5-7-12/h3-10,14,16-17,20-21H,2,11H2,1H3. The van der Waals surface area contributed by atoms with Crippen LogP contribution in [0.1, 0.15) is 42.9 Å². The van der Waals surface area contributed by atoms with Crippen molar-refractivity contribution in [2.75, 3.05) is 0 Å². The van der Waals surface area contributed by atoms with Gasteiger partial charge in [0, 0.05) is 28.0 Å². The van der Waals surface area contributed by atoms with Crippen molar-refractivity contribution >= 4 is 15.9 Å². The molecule has 3 unspecified atom stereocenters. The molecule has 3 heteroatoms. The minimum absolute atomic E-state index is 0.196. The van der Waals surface area contributed by atoms with Crippen LogP contribution in [0.2, 0.25) is 0 Å². The molecule has 1 saturated carbocycles. The lowest BCUT2D eigenvalue weighted by Crippen LogP contribution is -2.24. The number of rotatable bonds is 5. The summed E-state index contributed by atoms with van der Waals surface area (Å²) >= 11 is 3.49. The molecule has 0 aromatic heterocycles. The smallest absolute Gasteiger partial charge is 0.120 e. The quantitative estimate of drug-likeness (QED) is 0.819. The minimum atomic E-state index is 0.196. The summed E-state index contributed by atoms with van der Waals surface area (Å²) in [5.74, 6) is 0.976. The van der Waals surface area contributed by atoms with Crippen molar-refractivity contribution in [1.82, 2.24) is 5.32 Å². The second-order valence-electron chi connectivity index (χ2n) is 5.69. The largest absolute Gasteiger partial charge is 0.508 e. The Hall–Kier alpha value is -1.32. The molecular formula is C18H20BrNO. The zero-order valence-corrected chi connectivity index (χ0v) is 13.7. The van der Waals surface area contributed by atoms with Crippen LogP contribution in [0.15, 0.2) is 53.0 Å². The third-order valence-corrected chi connectivity index (χ3v) is 4.70. The Kier molecular flexibility index (Phi) is 4.32. The molecule has 0 saturated heterocycles. The number of phenolic OH excluding ortho intramolecular Hbond substituents is 1. The molecule has 0 radical (unpaired) electrons. The molecule has 0 heterocycles. The molecular weight excluding hydrogens is 326 g/mol. The Morgan fingerprint density at radius 3 is 2.71 bits per heavy atom. The van der Waals surface area contributed by atoms with Crippen LogP contribution in [0.5, 0.6) is 5.75 Å². The average molecular weight is 346 g/mol. The summed E-state index contributed by atoms with van der Waals surface area (Å²) < 4.78 is 1.01. The van der Waals surface area contributed by atoms with E-state index in [1.54, 1.807) is 6.07 Å². The first kappa shape index (κ1) is 14.6. The third-order valence-electron chi connectivity index (χ3n) is 4.21. The highest BCUT2D eigenvalue weighted by molar-refractivity contribution is 9.10. The molecule has 2 nitrogen and oxygen atoms in total. The van der Waals surface area contributed by atoms with Gasteiger partial charge >= 0.3 is 0 Å². The summed E-state index contributed by atoms with van der Waals surface area (Å²) in [6, 6.07) is 17.0. The van der Waals surface area contributed by atoms with E-state index in [9.17, 15) is 5.11 Å². The van der Waals surface area contributed by atoms with Crippen LogP contribution in [0.4, 0.5) is 0 Å². The van der Waals surface area contributed by atoms with Crippen LogP contribution in [0.3, 0.4) is 0 Å². The molecule has 1 aliphatic carbocycles. The summed E-state index contributed by atoms with van der Waals surface area (Å²) in [5, 5.41) is 13.8. The van der Waals surface area contributed by atoms with Crippen LogP contribution in [0, 0.1) is 0 Å². The van der Waals surface area contributed by atoms with Crippen molar-refractivity contribution in [3.8, 4) is 5.75 Å². The highest BCUT2D eigenvalue weighted by atomic mass is 79.9. The van der Waals surface area contributed by atoms with Crippen molar-refractivity contribution in [3.05, 3.63) is 64.1 Å². The highest BCUT2D eigenvalue weighted by Gasteiger charge is 2.39. The number of hydrogen-bond donors (Lipinski definition) is 2. The molecule has 1 aliphatic rings. The molecule has 2 aromatic carbocycles. The van der Waals surface area contributed by atoms with Crippen LogP contribution in [-0.4, -0.2) is 11.1 Å². The molecule has 3 atom stereocenters. The molecule has 0 aliphatic heterocycles. The summed E-state index contributed by atoms with van der Waals surface area (Å²) in [7, 11) is 0. The lowest BCUT2D eigenvalue weighted by molar-refractivity contribution is 0.438. The molecule has 3 rings (SSSR count). The van der Waals surface area contributed by atoms with E-state index in [2.05, 4.69) is 58.5 Å². The molecule has 0 spiro atoms. The fourth-order valence-electron chi connectivity index (χ4n) is 2.94. The van der Waals surface area contributed by atoms with E-state index < -0.39 is 0 Å². The van der Waals surface area contributed by atoms with Crippen LogP contribution in [-0.2, 0) is 0 Å². The molecule has 21 heavy (non-hydrogen) atoms. The van der Waals surface area contributed by atoms with Gasteiger partial charge in [-0.05, 0) is 36.6 Å². The first-order valence-electron chi connectivity index (χ1n) is 7.48. The van der Waals surface area contributed by atoms with Gasteiger partial charge in [0.1, 0.15) is 5.75 Å². The second-order valence-corrected chi connectivity index (χ2v) is 6.61. The van der Waals surface area contributed by atoms with E-state index in [4.69, 9.17) is 0 Å². The Balaban J connectivity index is 1.70. The number of benzene rings is 2. The Labute approximate surface area is 134 Å². The number of nitrogens with one attached hydrogen (secondary N) is 1. The maximum Gasteiger partial charge on any atom is 0.120 e. The SMILES string of the molecule is CCC(NC1CC1c1ccccc1)c1cc(Br)ccc1O. The molecule has 2 aromatic rings. The number of hydrogen-bond acceptors (Lipinski definition) is 2. The van der Waals surface area contributed by atoms with E-state index in [-0.39, 0.29) is 6.04 Å². The van der Waals surface area contributed by atoms with E-state index in [0.717, 1.165) is 16.5 Å². The molecule has 110 valence electrons. The average Bonchev–Trinajstić information content (AvgIpc) is 3.28. The maximum absolute atomic E-state index is 10.1. The van der Waals surface area contributed by atoms with Crippen LogP contribution < -0.4 is 5.32 Å². The van der Waals surface area contributed by atoms with Gasteiger partial charge in [0.25, 0.3) is 0 Å². The first-order valence-corrected chi connectivity index (χ1v) is 8.27. The van der Waals surface area contributed by atoms with Gasteiger partial charge in [-0.1, -0.05) is 53.2 Å². The summed E-state index contributed by atoms with van der Waals surface area (Å²) in [5.41, 5.74) is 2.38. The van der Waals surface area contributed by atoms with Gasteiger partial charge < -0.3 is 10.4 Å². The number of phenols is 1. The summed E-state index contributed by atoms with van der Waals surface area (Å²) in [6.07, 6.45) is 2.14. The lowest BCUT2D eigenvalue weighted by atomic mass is 10.0. The van der Waals surface area contributed by atoms with Crippen molar-refractivity contribution in [2.24, 2.45) is 0 Å². The Morgan fingerprint density at radius 2 is 2.00 bits per heavy atom. The first-order chi connectivity index (χ1) is 10.2. The van der Waals surface area contributed by atoms with Crippen molar-refractivity contribution < 1.29 is 5.11 Å². The van der Waals surface area contributed by atoms with E-state index in [1.165, 1.54) is 12.0 Å². The predicted octanol–water partition coefficient (Wildman–Crippen LogP) is 4.75. The summed E-state index contributed by atoms with van der Waals surface area (Å²) in [4.78, 5) is 0. The van der Waals surface area contributed by atoms with Gasteiger partial charge in [-0.25, -0.2) is 0 Å². The van der Waals surface area contributed by atoms with E-state index in [1.807, 2.05) is 12.1 Å². The normalized spacial score (nSPS) is 22.0. The minimum Gasteiger partial charge on any atom is -0.508 e. The number of halogens is 1. The van der Waals surface area contributed by atoms with Gasteiger partial charge in [-0.15, -0.1) is 0 Å². The molecule has 0 bridgehead atoms. The second kappa shape index (κ2) is 6.20. The monoisotopic (exact) mass is 345 g/mol. The van der Waals surface area contributed by atoms with E-state index in [0.29, 0.717) is 17.7 Å². The summed E-state index contributed by atoms with van der Waals surface area (Å²) in [6.45, 7) is 2.15. The molecule has 2 N–H and O–H groups in total. The fourth-order valence-corrected chi connectivity index (χ4v) is 3.32. The predicted molar refractivity (Wildman–Crippen MR) is 89.6 cm³/mol. The topological polar surface area (TPSA) is 32.3 Å². The zero-order chi connectivity index (χ0) is 14.8. The Morgan fingerprint density at radius 1 is 1.24 bits per heavy atom. The Bertz CT molecular complexity index is 614. The number of aromatic hydroxyl groups is 1. The highest BCUT2D eigenvalue weighted by Crippen LogP contribution is 2.43. The van der Waals surface area contributed by atoms with Gasteiger partial charge in [0.05, 0.1) is 0 Å². The maximum atomic E-state index is 10.1. The third kappa shape index (κ3) is 3.30. The van der Waals surface area contributed by atoms with Crippen LogP contribution >= 0.6 is 15.9 Å². The van der Waals surface area contributed by atoms with E-state index >= 15 is 0 Å². The van der Waals surface area contributed by atoms with Gasteiger partial charge in [0.2, 0.25) is 0 Å². The van der Waals surface area contributed by atoms with Crippen LogP contribution in [0.25, 0.3) is 0 Å². The van der Waals surface area contributed by atoms with Gasteiger partial charge in [-0.2, -0.15) is 0 Å². The zero-order valence-electron chi connectivity index (χ0n) is 12.1. The molecule has 1 fully saturated rings. The lowest BCUT2D eigenvalue weighted by Gasteiger charge is -2.19.